The molecule has 0 aromatic carbocycles. The van der Waals surface area contributed by atoms with Gasteiger partial charge in [0.15, 0.2) is 0 Å². The maximum absolute atomic E-state index is 9.05. The van der Waals surface area contributed by atoms with Crippen molar-refractivity contribution in [2.45, 2.75) is 63.8 Å². The fourth-order valence-corrected chi connectivity index (χ4v) is 2.73. The van der Waals surface area contributed by atoms with Crippen molar-refractivity contribution in [3.8, 4) is 0 Å². The van der Waals surface area contributed by atoms with Crippen molar-refractivity contribution in [3.63, 3.8) is 0 Å². The highest BCUT2D eigenvalue weighted by Gasteiger charge is 2.25. The van der Waals surface area contributed by atoms with E-state index in [-0.39, 0.29) is 0 Å². The van der Waals surface area contributed by atoms with Crippen LogP contribution in [0.25, 0.3) is 0 Å². The van der Waals surface area contributed by atoms with Gasteiger partial charge in [-0.05, 0) is 51.4 Å². The number of aliphatic hydroxyl groups excluding tert-OH is 1. The lowest BCUT2D eigenvalue weighted by Gasteiger charge is -2.28. The molecular weight excluding hydrogens is 204 g/mol. The molecule has 2 unspecified atom stereocenters. The lowest BCUT2D eigenvalue weighted by molar-refractivity contribution is -0.0527. The second-order valence-corrected chi connectivity index (χ2v) is 5.30. The van der Waals surface area contributed by atoms with E-state index in [0.29, 0.717) is 30.8 Å². The lowest BCUT2D eigenvalue weighted by Crippen LogP contribution is -2.27. The molecule has 1 heterocycles. The molecule has 1 aliphatic heterocycles. The van der Waals surface area contributed by atoms with Gasteiger partial charge in [-0.3, -0.25) is 0 Å². The quantitative estimate of drug-likeness (QED) is 0.801. The van der Waals surface area contributed by atoms with E-state index in [1.54, 1.807) is 0 Å². The van der Waals surface area contributed by atoms with Crippen molar-refractivity contribution in [3.05, 3.63) is 0 Å². The van der Waals surface area contributed by atoms with Gasteiger partial charge >= 0.3 is 0 Å². The largest absolute Gasteiger partial charge is 0.396 e. The summed E-state index contributed by atoms with van der Waals surface area (Å²) in [7, 11) is 0. The summed E-state index contributed by atoms with van der Waals surface area (Å²) in [5.74, 6) is 0.516. The van der Waals surface area contributed by atoms with E-state index in [1.165, 1.54) is 6.42 Å². The Bertz CT molecular complexity index is 199. The Morgan fingerprint density at radius 3 is 2.44 bits per heavy atom. The number of rotatable bonds is 4. The molecule has 0 aromatic heterocycles. The van der Waals surface area contributed by atoms with Crippen LogP contribution in [0.1, 0.15) is 45.4 Å². The Labute approximate surface area is 98.1 Å². The molecule has 1 saturated heterocycles. The summed E-state index contributed by atoms with van der Waals surface area (Å²) in [6, 6.07) is 0. The monoisotopic (exact) mass is 228 g/mol. The van der Waals surface area contributed by atoms with E-state index in [1.807, 2.05) is 0 Å². The second kappa shape index (κ2) is 5.99. The first kappa shape index (κ1) is 12.3. The van der Waals surface area contributed by atoms with E-state index < -0.39 is 0 Å². The van der Waals surface area contributed by atoms with Crippen LogP contribution in [0.2, 0.25) is 0 Å². The molecule has 94 valence electrons. The Morgan fingerprint density at radius 2 is 1.88 bits per heavy atom. The minimum atomic E-state index is 0.325. The van der Waals surface area contributed by atoms with Crippen LogP contribution < -0.4 is 0 Å². The lowest BCUT2D eigenvalue weighted by atomic mass is 9.88. The maximum atomic E-state index is 9.05. The molecule has 0 amide bonds. The summed E-state index contributed by atoms with van der Waals surface area (Å²) in [6.45, 7) is 3.24. The van der Waals surface area contributed by atoms with Gasteiger partial charge in [-0.2, -0.15) is 0 Å². The molecule has 0 spiro atoms. The smallest absolute Gasteiger partial charge is 0.0813 e. The third kappa shape index (κ3) is 3.44. The van der Waals surface area contributed by atoms with Gasteiger partial charge in [0.2, 0.25) is 0 Å². The predicted molar refractivity (Wildman–Crippen MR) is 62.4 cm³/mol. The Balaban J connectivity index is 1.60. The van der Waals surface area contributed by atoms with Crippen LogP contribution in [0.5, 0.6) is 0 Å². The first-order valence-electron chi connectivity index (χ1n) is 6.66. The first-order chi connectivity index (χ1) is 7.78. The summed E-state index contributed by atoms with van der Waals surface area (Å²) in [5, 5.41) is 9.05. The molecule has 3 nitrogen and oxygen atoms in total. The molecule has 2 atom stereocenters. The molecule has 1 saturated carbocycles. The van der Waals surface area contributed by atoms with Gasteiger partial charge in [0.05, 0.1) is 24.9 Å². The molecule has 16 heavy (non-hydrogen) atoms. The van der Waals surface area contributed by atoms with Gasteiger partial charge in [0.25, 0.3) is 0 Å². The van der Waals surface area contributed by atoms with E-state index in [9.17, 15) is 0 Å². The first-order valence-corrected chi connectivity index (χ1v) is 6.66. The number of hydrogen-bond donors (Lipinski definition) is 1. The highest BCUT2D eigenvalue weighted by Crippen LogP contribution is 2.27. The second-order valence-electron chi connectivity index (χ2n) is 5.30. The molecule has 2 rings (SSSR count). The fourth-order valence-electron chi connectivity index (χ4n) is 2.73. The normalized spacial score (nSPS) is 40.1. The van der Waals surface area contributed by atoms with Crippen molar-refractivity contribution in [1.29, 1.82) is 0 Å². The SMILES string of the molecule is CC1CCC(COC2CCC(CO)CC2)O1. The zero-order valence-corrected chi connectivity index (χ0v) is 10.2. The van der Waals surface area contributed by atoms with Gasteiger partial charge in [-0.15, -0.1) is 0 Å². The maximum Gasteiger partial charge on any atom is 0.0813 e. The third-order valence-electron chi connectivity index (χ3n) is 3.89. The zero-order chi connectivity index (χ0) is 11.4. The Kier molecular flexibility index (Phi) is 4.62. The summed E-state index contributed by atoms with van der Waals surface area (Å²) < 4.78 is 11.6. The van der Waals surface area contributed by atoms with Gasteiger partial charge in [-0.25, -0.2) is 0 Å². The van der Waals surface area contributed by atoms with Crippen LogP contribution in [-0.4, -0.2) is 36.6 Å². The van der Waals surface area contributed by atoms with E-state index in [4.69, 9.17) is 14.6 Å². The van der Waals surface area contributed by atoms with Crippen molar-refractivity contribution in [1.82, 2.24) is 0 Å². The van der Waals surface area contributed by atoms with Crippen LogP contribution >= 0.6 is 0 Å². The van der Waals surface area contributed by atoms with Crippen molar-refractivity contribution >= 4 is 0 Å². The van der Waals surface area contributed by atoms with Crippen LogP contribution in [0.4, 0.5) is 0 Å². The minimum Gasteiger partial charge on any atom is -0.396 e. The van der Waals surface area contributed by atoms with Crippen molar-refractivity contribution in [2.24, 2.45) is 5.92 Å². The average molecular weight is 228 g/mol. The van der Waals surface area contributed by atoms with Crippen molar-refractivity contribution in [2.75, 3.05) is 13.2 Å². The van der Waals surface area contributed by atoms with Crippen LogP contribution in [-0.2, 0) is 9.47 Å². The topological polar surface area (TPSA) is 38.7 Å². The van der Waals surface area contributed by atoms with Crippen molar-refractivity contribution < 1.29 is 14.6 Å². The highest BCUT2D eigenvalue weighted by molar-refractivity contribution is 4.74. The fraction of sp³-hybridized carbons (Fsp3) is 1.00. The summed E-state index contributed by atoms with van der Waals surface area (Å²) >= 11 is 0. The summed E-state index contributed by atoms with van der Waals surface area (Å²) in [4.78, 5) is 0. The molecule has 1 aliphatic carbocycles. The highest BCUT2D eigenvalue weighted by atomic mass is 16.5. The van der Waals surface area contributed by atoms with Gasteiger partial charge in [0, 0.05) is 6.61 Å². The molecule has 1 N–H and O–H groups in total. The molecular formula is C13H24O3. The average Bonchev–Trinajstić information content (AvgIpc) is 2.73. The predicted octanol–water partition coefficient (Wildman–Crippen LogP) is 2.12. The Morgan fingerprint density at radius 1 is 1.12 bits per heavy atom. The van der Waals surface area contributed by atoms with E-state index in [0.717, 1.165) is 38.7 Å². The third-order valence-corrected chi connectivity index (χ3v) is 3.89. The summed E-state index contributed by atoms with van der Waals surface area (Å²) in [5.41, 5.74) is 0. The Hall–Kier alpha value is -0.120. The van der Waals surface area contributed by atoms with Gasteiger partial charge < -0.3 is 14.6 Å². The number of ether oxygens (including phenoxy) is 2. The standard InChI is InChI=1S/C13H24O3/c1-10-2-5-13(16-10)9-15-12-6-3-11(8-14)4-7-12/h10-14H,2-9H2,1H3. The van der Waals surface area contributed by atoms with Gasteiger partial charge in [-0.1, -0.05) is 0 Å². The molecule has 3 heteroatoms. The molecule has 2 fully saturated rings. The summed E-state index contributed by atoms with van der Waals surface area (Å²) in [6.07, 6.45) is 7.90. The van der Waals surface area contributed by atoms with E-state index in [2.05, 4.69) is 6.92 Å². The molecule has 0 bridgehead atoms. The zero-order valence-electron chi connectivity index (χ0n) is 10.2. The van der Waals surface area contributed by atoms with Crippen LogP contribution in [0, 0.1) is 5.92 Å². The van der Waals surface area contributed by atoms with E-state index >= 15 is 0 Å². The van der Waals surface area contributed by atoms with Gasteiger partial charge in [0.1, 0.15) is 0 Å². The number of hydrogen-bond acceptors (Lipinski definition) is 3. The molecule has 2 aliphatic rings. The van der Waals surface area contributed by atoms with Crippen LogP contribution in [0.3, 0.4) is 0 Å². The molecule has 0 radical (unpaired) electrons. The molecule has 0 aromatic rings. The minimum absolute atomic E-state index is 0.325. The number of aliphatic hydroxyl groups is 1. The van der Waals surface area contributed by atoms with Crippen LogP contribution in [0.15, 0.2) is 0 Å².